The fourth-order valence-corrected chi connectivity index (χ4v) is 2.49. The van der Waals surface area contributed by atoms with Gasteiger partial charge in [0.25, 0.3) is 0 Å². The van der Waals surface area contributed by atoms with Gasteiger partial charge in [0.05, 0.1) is 0 Å². The molecule has 0 radical (unpaired) electrons. The van der Waals surface area contributed by atoms with E-state index in [0.717, 1.165) is 25.8 Å². The highest BCUT2D eigenvalue weighted by atomic mass is 16.2. The fourth-order valence-electron chi connectivity index (χ4n) is 2.49. The van der Waals surface area contributed by atoms with Gasteiger partial charge < -0.3 is 9.80 Å². The Morgan fingerprint density at radius 3 is 2.94 bits per heavy atom. The van der Waals surface area contributed by atoms with E-state index >= 15 is 0 Å². The molecule has 1 unspecified atom stereocenters. The van der Waals surface area contributed by atoms with Crippen LogP contribution in [0.5, 0.6) is 0 Å². The number of rotatable bonds is 3. The molecule has 16 heavy (non-hydrogen) atoms. The van der Waals surface area contributed by atoms with E-state index in [1.54, 1.807) is 4.90 Å². The van der Waals surface area contributed by atoms with Crippen molar-refractivity contribution in [2.75, 3.05) is 19.6 Å². The third-order valence-corrected chi connectivity index (χ3v) is 3.37. The summed E-state index contributed by atoms with van der Waals surface area (Å²) in [5, 5.41) is 0. The van der Waals surface area contributed by atoms with Crippen molar-refractivity contribution in [1.82, 2.24) is 9.80 Å². The lowest BCUT2D eigenvalue weighted by Gasteiger charge is -2.24. The molecule has 0 aromatic rings. The molecule has 0 aromatic carbocycles. The molecule has 1 atom stereocenters. The SMILES string of the molecule is C=CCCN1CCC(=O)N2CCCC2C1=O. The molecule has 2 saturated heterocycles. The van der Waals surface area contributed by atoms with Crippen molar-refractivity contribution in [3.63, 3.8) is 0 Å². The molecule has 0 spiro atoms. The number of hydrogen-bond acceptors (Lipinski definition) is 2. The zero-order chi connectivity index (χ0) is 11.5. The lowest BCUT2D eigenvalue weighted by molar-refractivity contribution is -0.139. The van der Waals surface area contributed by atoms with Gasteiger partial charge in [-0.3, -0.25) is 9.59 Å². The average Bonchev–Trinajstić information content (AvgIpc) is 2.73. The predicted molar refractivity (Wildman–Crippen MR) is 60.7 cm³/mol. The van der Waals surface area contributed by atoms with E-state index in [-0.39, 0.29) is 17.9 Å². The van der Waals surface area contributed by atoms with Crippen molar-refractivity contribution in [1.29, 1.82) is 0 Å². The molecule has 0 bridgehead atoms. The van der Waals surface area contributed by atoms with Crippen LogP contribution in [-0.4, -0.2) is 47.3 Å². The van der Waals surface area contributed by atoms with Gasteiger partial charge in [0.1, 0.15) is 6.04 Å². The van der Waals surface area contributed by atoms with Crippen LogP contribution in [0.25, 0.3) is 0 Å². The Balaban J connectivity index is 2.10. The van der Waals surface area contributed by atoms with Gasteiger partial charge >= 0.3 is 0 Å². The number of carbonyl (C=O) groups excluding carboxylic acids is 2. The Morgan fingerprint density at radius 1 is 1.38 bits per heavy atom. The highest BCUT2D eigenvalue weighted by Gasteiger charge is 2.38. The first-order valence-electron chi connectivity index (χ1n) is 5.93. The number of fused-ring (bicyclic) bond motifs is 1. The maximum Gasteiger partial charge on any atom is 0.245 e. The maximum absolute atomic E-state index is 12.2. The van der Waals surface area contributed by atoms with E-state index in [9.17, 15) is 9.59 Å². The topological polar surface area (TPSA) is 40.6 Å². The molecule has 0 aliphatic carbocycles. The van der Waals surface area contributed by atoms with Gasteiger partial charge in [0.15, 0.2) is 0 Å². The molecule has 0 saturated carbocycles. The second-order valence-corrected chi connectivity index (χ2v) is 4.40. The Hall–Kier alpha value is -1.32. The first kappa shape index (κ1) is 11.2. The van der Waals surface area contributed by atoms with Crippen molar-refractivity contribution >= 4 is 11.8 Å². The summed E-state index contributed by atoms with van der Waals surface area (Å²) in [7, 11) is 0. The number of carbonyl (C=O) groups is 2. The molecule has 4 heteroatoms. The minimum atomic E-state index is -0.181. The largest absolute Gasteiger partial charge is 0.340 e. The smallest absolute Gasteiger partial charge is 0.245 e. The summed E-state index contributed by atoms with van der Waals surface area (Å²) in [6.07, 6.45) is 4.87. The first-order chi connectivity index (χ1) is 7.74. The Bertz CT molecular complexity index is 314. The molecule has 0 aromatic heterocycles. The number of nitrogens with zero attached hydrogens (tertiary/aromatic N) is 2. The van der Waals surface area contributed by atoms with E-state index < -0.39 is 0 Å². The molecular weight excluding hydrogens is 204 g/mol. The zero-order valence-corrected chi connectivity index (χ0v) is 9.52. The van der Waals surface area contributed by atoms with Crippen LogP contribution in [0.3, 0.4) is 0 Å². The Morgan fingerprint density at radius 2 is 2.19 bits per heavy atom. The monoisotopic (exact) mass is 222 g/mol. The molecule has 4 nitrogen and oxygen atoms in total. The molecule has 2 fully saturated rings. The highest BCUT2D eigenvalue weighted by Crippen LogP contribution is 2.23. The zero-order valence-electron chi connectivity index (χ0n) is 9.52. The van der Waals surface area contributed by atoms with Crippen LogP contribution in [-0.2, 0) is 9.59 Å². The van der Waals surface area contributed by atoms with E-state index in [1.807, 2.05) is 11.0 Å². The molecule has 2 rings (SSSR count). The lowest BCUT2D eigenvalue weighted by Crippen LogP contribution is -2.43. The minimum Gasteiger partial charge on any atom is -0.340 e. The van der Waals surface area contributed by atoms with E-state index in [0.29, 0.717) is 19.5 Å². The van der Waals surface area contributed by atoms with Crippen LogP contribution in [0.1, 0.15) is 25.7 Å². The Labute approximate surface area is 95.9 Å². The second kappa shape index (κ2) is 4.68. The van der Waals surface area contributed by atoms with Gasteiger partial charge in [-0.05, 0) is 19.3 Å². The summed E-state index contributed by atoms with van der Waals surface area (Å²) in [5.41, 5.74) is 0. The number of hydrogen-bond donors (Lipinski definition) is 0. The molecule has 2 aliphatic heterocycles. The summed E-state index contributed by atoms with van der Waals surface area (Å²) in [4.78, 5) is 27.5. The quantitative estimate of drug-likeness (QED) is 0.662. The van der Waals surface area contributed by atoms with Gasteiger partial charge in [-0.1, -0.05) is 6.08 Å². The summed E-state index contributed by atoms with van der Waals surface area (Å²) in [5.74, 6) is 0.266. The van der Waals surface area contributed by atoms with Crippen molar-refractivity contribution in [2.45, 2.75) is 31.7 Å². The summed E-state index contributed by atoms with van der Waals surface area (Å²) < 4.78 is 0. The molecule has 0 N–H and O–H groups in total. The normalized spacial score (nSPS) is 25.6. The summed E-state index contributed by atoms with van der Waals surface area (Å²) in [6.45, 7) is 5.68. The first-order valence-corrected chi connectivity index (χ1v) is 5.93. The van der Waals surface area contributed by atoms with Crippen molar-refractivity contribution in [2.24, 2.45) is 0 Å². The highest BCUT2D eigenvalue weighted by molar-refractivity contribution is 5.90. The molecule has 88 valence electrons. The van der Waals surface area contributed by atoms with E-state index in [4.69, 9.17) is 0 Å². The molecule has 2 amide bonds. The van der Waals surface area contributed by atoms with Crippen molar-refractivity contribution in [3.8, 4) is 0 Å². The summed E-state index contributed by atoms with van der Waals surface area (Å²) >= 11 is 0. The van der Waals surface area contributed by atoms with E-state index in [1.165, 1.54) is 0 Å². The fraction of sp³-hybridized carbons (Fsp3) is 0.667. The lowest BCUT2D eigenvalue weighted by atomic mass is 10.2. The maximum atomic E-state index is 12.2. The van der Waals surface area contributed by atoms with Gasteiger partial charge in [-0.15, -0.1) is 6.58 Å². The van der Waals surface area contributed by atoms with E-state index in [2.05, 4.69) is 6.58 Å². The van der Waals surface area contributed by atoms with Gasteiger partial charge in [0.2, 0.25) is 11.8 Å². The van der Waals surface area contributed by atoms with Crippen LogP contribution < -0.4 is 0 Å². The molecule has 2 heterocycles. The van der Waals surface area contributed by atoms with Crippen LogP contribution in [0.2, 0.25) is 0 Å². The predicted octanol–water partition coefficient (Wildman–Crippen LogP) is 0.786. The van der Waals surface area contributed by atoms with Crippen LogP contribution >= 0.6 is 0 Å². The molecule has 2 aliphatic rings. The average molecular weight is 222 g/mol. The van der Waals surface area contributed by atoms with Gasteiger partial charge in [-0.2, -0.15) is 0 Å². The molecular formula is C12H18N2O2. The van der Waals surface area contributed by atoms with Gasteiger partial charge in [0, 0.05) is 26.1 Å². The second-order valence-electron chi connectivity index (χ2n) is 4.40. The van der Waals surface area contributed by atoms with Crippen molar-refractivity contribution in [3.05, 3.63) is 12.7 Å². The van der Waals surface area contributed by atoms with Crippen molar-refractivity contribution < 1.29 is 9.59 Å². The Kier molecular flexibility index (Phi) is 3.27. The van der Waals surface area contributed by atoms with Crippen LogP contribution in [0.15, 0.2) is 12.7 Å². The minimum absolute atomic E-state index is 0.130. The van der Waals surface area contributed by atoms with Gasteiger partial charge in [-0.25, -0.2) is 0 Å². The number of amides is 2. The third kappa shape index (κ3) is 1.96. The summed E-state index contributed by atoms with van der Waals surface area (Å²) in [6, 6.07) is -0.181. The van der Waals surface area contributed by atoms with Crippen LogP contribution in [0.4, 0.5) is 0 Å². The van der Waals surface area contributed by atoms with Crippen LogP contribution in [0, 0.1) is 0 Å². The standard InChI is InChI=1S/C12H18N2O2/c1-2-3-7-13-9-6-11(15)14-8-4-5-10(14)12(13)16/h2,10H,1,3-9H2. The third-order valence-electron chi connectivity index (χ3n) is 3.37.